The molecular weight excluding hydrogens is 238 g/mol. The lowest BCUT2D eigenvalue weighted by Crippen LogP contribution is -2.32. The van der Waals surface area contributed by atoms with E-state index in [0.29, 0.717) is 18.6 Å². The number of fused-ring (bicyclic) bond motifs is 1. The fraction of sp³-hybridized carbons (Fsp3) is 0.800. The Labute approximate surface area is 116 Å². The first-order valence-electron chi connectivity index (χ1n) is 7.67. The second-order valence-corrected chi connectivity index (χ2v) is 5.65. The first kappa shape index (κ1) is 14.5. The number of hydrogen-bond donors (Lipinski definition) is 2. The zero-order valence-corrected chi connectivity index (χ0v) is 12.2. The SMILES string of the molecule is CCCCC(C)NC1CCCc2c1cnn2CCO. The van der Waals surface area contributed by atoms with Gasteiger partial charge in [0.15, 0.2) is 0 Å². The van der Waals surface area contributed by atoms with E-state index in [1.807, 2.05) is 10.9 Å². The van der Waals surface area contributed by atoms with Crippen LogP contribution in [0.15, 0.2) is 6.20 Å². The standard InChI is InChI=1S/C15H27N3O/c1-3-4-6-12(2)17-14-7-5-8-15-13(14)11-16-18(15)9-10-19/h11-12,14,17,19H,3-10H2,1-2H3. The normalized spacial score (nSPS) is 20.3. The molecule has 0 amide bonds. The highest BCUT2D eigenvalue weighted by atomic mass is 16.3. The van der Waals surface area contributed by atoms with Crippen molar-refractivity contribution in [1.82, 2.24) is 15.1 Å². The first-order valence-corrected chi connectivity index (χ1v) is 7.67. The molecule has 4 nitrogen and oxygen atoms in total. The van der Waals surface area contributed by atoms with Crippen molar-refractivity contribution in [2.75, 3.05) is 6.61 Å². The van der Waals surface area contributed by atoms with Crippen molar-refractivity contribution in [2.24, 2.45) is 0 Å². The highest BCUT2D eigenvalue weighted by molar-refractivity contribution is 5.25. The number of nitrogens with zero attached hydrogens (tertiary/aromatic N) is 2. The first-order chi connectivity index (χ1) is 9.26. The maximum absolute atomic E-state index is 9.07. The Morgan fingerprint density at radius 2 is 2.42 bits per heavy atom. The summed E-state index contributed by atoms with van der Waals surface area (Å²) >= 11 is 0. The maximum Gasteiger partial charge on any atom is 0.0644 e. The summed E-state index contributed by atoms with van der Waals surface area (Å²) in [6.45, 7) is 5.30. The maximum atomic E-state index is 9.07. The lowest BCUT2D eigenvalue weighted by atomic mass is 9.92. The average Bonchev–Trinajstić information content (AvgIpc) is 2.81. The Balaban J connectivity index is 2.01. The van der Waals surface area contributed by atoms with Crippen LogP contribution in [0.5, 0.6) is 0 Å². The van der Waals surface area contributed by atoms with Crippen molar-refractivity contribution in [3.05, 3.63) is 17.5 Å². The van der Waals surface area contributed by atoms with E-state index in [1.165, 1.54) is 43.4 Å². The van der Waals surface area contributed by atoms with Crippen LogP contribution >= 0.6 is 0 Å². The van der Waals surface area contributed by atoms with Crippen LogP contribution in [0.25, 0.3) is 0 Å². The van der Waals surface area contributed by atoms with Gasteiger partial charge in [-0.3, -0.25) is 4.68 Å². The third-order valence-electron chi connectivity index (χ3n) is 4.05. The van der Waals surface area contributed by atoms with E-state index >= 15 is 0 Å². The van der Waals surface area contributed by atoms with Crippen LogP contribution in [0.2, 0.25) is 0 Å². The van der Waals surface area contributed by atoms with Gasteiger partial charge in [0.05, 0.1) is 19.3 Å². The Kier molecular flexibility index (Phi) is 5.40. The summed E-state index contributed by atoms with van der Waals surface area (Å²) in [7, 11) is 0. The van der Waals surface area contributed by atoms with Crippen LogP contribution in [0.4, 0.5) is 0 Å². The second-order valence-electron chi connectivity index (χ2n) is 5.65. The van der Waals surface area contributed by atoms with Crippen molar-refractivity contribution in [1.29, 1.82) is 0 Å². The third-order valence-corrected chi connectivity index (χ3v) is 4.05. The van der Waals surface area contributed by atoms with Crippen molar-refractivity contribution in [2.45, 2.75) is 71.0 Å². The molecule has 1 aromatic rings. The van der Waals surface area contributed by atoms with Crippen molar-refractivity contribution >= 4 is 0 Å². The van der Waals surface area contributed by atoms with Crippen LogP contribution in [-0.4, -0.2) is 27.5 Å². The molecule has 0 saturated heterocycles. The minimum Gasteiger partial charge on any atom is -0.394 e. The van der Waals surface area contributed by atoms with Crippen LogP contribution in [-0.2, 0) is 13.0 Å². The molecule has 0 radical (unpaired) electrons. The topological polar surface area (TPSA) is 50.1 Å². The number of nitrogens with one attached hydrogen (secondary N) is 1. The largest absolute Gasteiger partial charge is 0.394 e. The fourth-order valence-electron chi connectivity index (χ4n) is 3.02. The summed E-state index contributed by atoms with van der Waals surface area (Å²) in [6.07, 6.45) is 9.29. The molecular formula is C15H27N3O. The minimum absolute atomic E-state index is 0.166. The summed E-state index contributed by atoms with van der Waals surface area (Å²) < 4.78 is 1.97. The summed E-state index contributed by atoms with van der Waals surface area (Å²) in [5.74, 6) is 0. The van der Waals surface area contributed by atoms with Gasteiger partial charge in [-0.2, -0.15) is 5.10 Å². The van der Waals surface area contributed by atoms with E-state index in [1.54, 1.807) is 0 Å². The summed E-state index contributed by atoms with van der Waals surface area (Å²) in [5, 5.41) is 17.2. The molecule has 1 aliphatic carbocycles. The van der Waals surface area contributed by atoms with Crippen LogP contribution in [0.3, 0.4) is 0 Å². The summed E-state index contributed by atoms with van der Waals surface area (Å²) in [5.41, 5.74) is 2.67. The monoisotopic (exact) mass is 265 g/mol. The number of unbranched alkanes of at least 4 members (excludes halogenated alkanes) is 1. The van der Waals surface area contributed by atoms with E-state index in [-0.39, 0.29) is 6.61 Å². The summed E-state index contributed by atoms with van der Waals surface area (Å²) in [4.78, 5) is 0. The van der Waals surface area contributed by atoms with Crippen LogP contribution < -0.4 is 5.32 Å². The molecule has 1 heterocycles. The molecule has 2 atom stereocenters. The number of aliphatic hydroxyl groups is 1. The van der Waals surface area contributed by atoms with Gasteiger partial charge in [0, 0.05) is 23.3 Å². The van der Waals surface area contributed by atoms with Crippen molar-refractivity contribution in [3.8, 4) is 0 Å². The van der Waals surface area contributed by atoms with Gasteiger partial charge in [0.1, 0.15) is 0 Å². The van der Waals surface area contributed by atoms with Crippen molar-refractivity contribution < 1.29 is 5.11 Å². The van der Waals surface area contributed by atoms with E-state index in [9.17, 15) is 0 Å². The van der Waals surface area contributed by atoms with E-state index in [0.717, 1.165) is 6.42 Å². The zero-order chi connectivity index (χ0) is 13.7. The summed E-state index contributed by atoms with van der Waals surface area (Å²) in [6, 6.07) is 1.01. The second kappa shape index (κ2) is 7.06. The average molecular weight is 265 g/mol. The van der Waals surface area contributed by atoms with Gasteiger partial charge in [-0.05, 0) is 32.6 Å². The Hall–Kier alpha value is -0.870. The van der Waals surface area contributed by atoms with E-state index < -0.39 is 0 Å². The molecule has 0 spiro atoms. The zero-order valence-electron chi connectivity index (χ0n) is 12.2. The number of aromatic nitrogens is 2. The van der Waals surface area contributed by atoms with Crippen LogP contribution in [0.1, 0.15) is 63.3 Å². The highest BCUT2D eigenvalue weighted by Crippen LogP contribution is 2.30. The van der Waals surface area contributed by atoms with Gasteiger partial charge < -0.3 is 10.4 Å². The van der Waals surface area contributed by atoms with E-state index in [2.05, 4.69) is 24.3 Å². The van der Waals surface area contributed by atoms with Gasteiger partial charge in [0.2, 0.25) is 0 Å². The molecule has 0 aromatic carbocycles. The predicted molar refractivity (Wildman–Crippen MR) is 77.1 cm³/mol. The molecule has 0 fully saturated rings. The van der Waals surface area contributed by atoms with Gasteiger partial charge in [0.25, 0.3) is 0 Å². The highest BCUT2D eigenvalue weighted by Gasteiger charge is 2.24. The van der Waals surface area contributed by atoms with Gasteiger partial charge in [-0.1, -0.05) is 19.8 Å². The predicted octanol–water partition coefficient (Wildman–Crippen LogP) is 2.42. The molecule has 2 N–H and O–H groups in total. The van der Waals surface area contributed by atoms with Gasteiger partial charge in [-0.25, -0.2) is 0 Å². The molecule has 19 heavy (non-hydrogen) atoms. The fourth-order valence-corrected chi connectivity index (χ4v) is 3.02. The molecule has 108 valence electrons. The lowest BCUT2D eigenvalue weighted by Gasteiger charge is -2.27. The molecule has 1 aliphatic rings. The van der Waals surface area contributed by atoms with Crippen molar-refractivity contribution in [3.63, 3.8) is 0 Å². The van der Waals surface area contributed by atoms with Crippen LogP contribution in [0, 0.1) is 0 Å². The lowest BCUT2D eigenvalue weighted by molar-refractivity contribution is 0.266. The Morgan fingerprint density at radius 1 is 1.58 bits per heavy atom. The molecule has 1 aromatic heterocycles. The molecule has 0 bridgehead atoms. The van der Waals surface area contributed by atoms with E-state index in [4.69, 9.17) is 5.11 Å². The molecule has 0 saturated carbocycles. The molecule has 4 heteroatoms. The quantitative estimate of drug-likeness (QED) is 0.796. The van der Waals surface area contributed by atoms with Gasteiger partial charge >= 0.3 is 0 Å². The smallest absolute Gasteiger partial charge is 0.0644 e. The molecule has 2 rings (SSSR count). The molecule has 0 aliphatic heterocycles. The minimum atomic E-state index is 0.166. The third kappa shape index (κ3) is 3.57. The molecule has 2 unspecified atom stereocenters. The number of aliphatic hydroxyl groups excluding tert-OH is 1. The Bertz CT molecular complexity index is 389. The van der Waals surface area contributed by atoms with Gasteiger partial charge in [-0.15, -0.1) is 0 Å². The number of rotatable bonds is 7. The number of hydrogen-bond acceptors (Lipinski definition) is 3. The Morgan fingerprint density at radius 3 is 3.16 bits per heavy atom.